The Labute approximate surface area is 364 Å². The molecular formula is C44H49NO19. The van der Waals surface area contributed by atoms with Gasteiger partial charge in [0, 0.05) is 36.9 Å². The normalized spacial score (nSPS) is 28.0. The number of aliphatic hydroxyl groups excluding tert-OH is 6. The first-order valence-corrected chi connectivity index (χ1v) is 20.4. The average molecular weight is 896 g/mol. The molecule has 0 saturated carbocycles. The van der Waals surface area contributed by atoms with Gasteiger partial charge in [-0.05, 0) is 62.1 Å². The molecule has 4 aliphatic rings. The Morgan fingerprint density at radius 2 is 1.47 bits per heavy atom. The van der Waals surface area contributed by atoms with Crippen LogP contribution in [0.3, 0.4) is 0 Å². The smallest absolute Gasteiger partial charge is 0.246 e. The molecule has 5 heterocycles. The summed E-state index contributed by atoms with van der Waals surface area (Å²) in [6.45, 7) is 2.87. The second-order valence-corrected chi connectivity index (χ2v) is 15.5. The number of allylic oxidation sites excluding steroid dienone is 2. The number of carbonyl (C=O) groups is 1. The average Bonchev–Trinajstić information content (AvgIpc) is 3.76. The molecule has 64 heavy (non-hydrogen) atoms. The van der Waals surface area contributed by atoms with Crippen LogP contribution < -0.4 is 19.6 Å². The monoisotopic (exact) mass is 895 g/mol. The second-order valence-electron chi connectivity index (χ2n) is 15.5. The molecule has 20 nitrogen and oxygen atoms in total. The van der Waals surface area contributed by atoms with Crippen molar-refractivity contribution in [3.8, 4) is 51.6 Å². The summed E-state index contributed by atoms with van der Waals surface area (Å²) >= 11 is 0. The van der Waals surface area contributed by atoms with Gasteiger partial charge in [0.25, 0.3) is 0 Å². The number of ether oxygens (including phenoxy) is 6. The first-order valence-electron chi connectivity index (χ1n) is 20.4. The number of aliphatic hydroxyl groups is 6. The van der Waals surface area contributed by atoms with Crippen LogP contribution in [0.4, 0.5) is 0 Å². The Kier molecular flexibility index (Phi) is 14.3. The summed E-state index contributed by atoms with van der Waals surface area (Å²) < 4.78 is 38.4. The van der Waals surface area contributed by atoms with Crippen molar-refractivity contribution in [1.29, 1.82) is 0 Å². The van der Waals surface area contributed by atoms with Gasteiger partial charge >= 0.3 is 0 Å². The number of benzene rings is 3. The fourth-order valence-electron chi connectivity index (χ4n) is 7.38. The molecular weight excluding hydrogens is 846 g/mol. The third-order valence-electron chi connectivity index (χ3n) is 11.0. The number of nitrogens with zero attached hydrogens (tertiary/aromatic N) is 1. The van der Waals surface area contributed by atoms with Crippen LogP contribution in [-0.2, 0) is 19.0 Å². The second kappa shape index (κ2) is 19.8. The summed E-state index contributed by atoms with van der Waals surface area (Å²) in [6, 6.07) is 11.0. The topological polar surface area (TPSA) is 308 Å². The first kappa shape index (κ1) is 46.1. The number of hydrogen-bond acceptors (Lipinski definition) is 19. The Hall–Kier alpha value is -5.94. The van der Waals surface area contributed by atoms with Crippen LogP contribution in [0.2, 0.25) is 0 Å². The molecule has 3 aromatic carbocycles. The number of amides is 1. The Balaban J connectivity index is 0.000000243. The lowest BCUT2D eigenvalue weighted by Crippen LogP contribution is -2.61. The van der Waals surface area contributed by atoms with Gasteiger partial charge in [-0.15, -0.1) is 0 Å². The van der Waals surface area contributed by atoms with Crippen molar-refractivity contribution >= 4 is 23.0 Å². The fraction of sp³-hybridized carbons (Fsp3) is 0.409. The van der Waals surface area contributed by atoms with Gasteiger partial charge in [0.2, 0.25) is 30.2 Å². The van der Waals surface area contributed by atoms with Crippen LogP contribution in [0.1, 0.15) is 31.7 Å². The van der Waals surface area contributed by atoms with Crippen molar-refractivity contribution in [2.75, 3.05) is 26.5 Å². The highest BCUT2D eigenvalue weighted by atomic mass is 16.7. The molecule has 0 spiro atoms. The standard InChI is InChI=1S/C27H30O16.C17H19NO3/c1-8-17(32)20(35)22(37)26(40-8)39-7-15-18(33)21(36)23(38)27(42-15)43-25-19(34)16-13(31)5-10(28)6-14(16)41-24(25)9-2-3-11(29)12(30)4-9;19-17(18-10-4-1-5-11-18)7-3-2-6-14-8-9-15-16(12-14)21-13-20-15/h2-6,8,15,17-18,20-23,26-33,35-38H,7H2,1H3;2-3,6-9,12H,1,4-5,10-11,13H2/b;6-2+,7-3+/t8-,15+,17-,18+,20+,21-,22+,23+,26+,27-;/m0./s1. The van der Waals surface area contributed by atoms with Crippen LogP contribution in [0.5, 0.6) is 40.2 Å². The zero-order chi connectivity index (χ0) is 45.8. The van der Waals surface area contributed by atoms with E-state index in [0.717, 1.165) is 67.3 Å². The number of fused-ring (bicyclic) bond motifs is 2. The van der Waals surface area contributed by atoms with Gasteiger partial charge in [0.05, 0.1) is 12.7 Å². The molecule has 3 saturated heterocycles. The van der Waals surface area contributed by atoms with Crippen LogP contribution in [0.25, 0.3) is 28.4 Å². The lowest BCUT2D eigenvalue weighted by atomic mass is 9.98. The van der Waals surface area contributed by atoms with E-state index in [1.54, 1.807) is 12.2 Å². The van der Waals surface area contributed by atoms with Gasteiger partial charge in [0.15, 0.2) is 35.0 Å². The Morgan fingerprint density at radius 3 is 2.22 bits per heavy atom. The summed E-state index contributed by atoms with van der Waals surface area (Å²) in [7, 11) is 0. The van der Waals surface area contributed by atoms with Crippen LogP contribution in [-0.4, -0.2) is 150 Å². The van der Waals surface area contributed by atoms with Crippen molar-refractivity contribution < 1.29 is 88.7 Å². The van der Waals surface area contributed by atoms with Crippen molar-refractivity contribution in [2.24, 2.45) is 0 Å². The number of piperidine rings is 1. The van der Waals surface area contributed by atoms with E-state index in [-0.39, 0.29) is 23.8 Å². The summed E-state index contributed by atoms with van der Waals surface area (Å²) in [5, 5.41) is 101. The number of aromatic hydroxyl groups is 4. The molecule has 0 aliphatic carbocycles. The number of carbonyl (C=O) groups excluding carboxylic acids is 1. The molecule has 0 unspecified atom stereocenters. The minimum atomic E-state index is -1.97. The highest BCUT2D eigenvalue weighted by Gasteiger charge is 2.48. The molecule has 10 atom stereocenters. The summed E-state index contributed by atoms with van der Waals surface area (Å²) in [5.41, 5.74) is -0.326. The fourth-order valence-corrected chi connectivity index (χ4v) is 7.38. The minimum Gasteiger partial charge on any atom is -0.508 e. The quantitative estimate of drug-likeness (QED) is 0.0643. The molecule has 10 N–H and O–H groups in total. The molecule has 1 amide bonds. The van der Waals surface area contributed by atoms with Crippen molar-refractivity contribution in [2.45, 2.75) is 87.6 Å². The summed E-state index contributed by atoms with van der Waals surface area (Å²) in [4.78, 5) is 27.4. The van der Waals surface area contributed by atoms with Gasteiger partial charge in [0.1, 0.15) is 65.2 Å². The van der Waals surface area contributed by atoms with E-state index in [9.17, 15) is 60.7 Å². The molecule has 0 radical (unpaired) electrons. The third-order valence-corrected chi connectivity index (χ3v) is 11.0. The molecule has 3 fully saturated rings. The number of rotatable bonds is 9. The molecule has 344 valence electrons. The van der Waals surface area contributed by atoms with Crippen molar-refractivity contribution in [1.82, 2.24) is 4.90 Å². The van der Waals surface area contributed by atoms with E-state index < -0.39 is 113 Å². The Morgan fingerprint density at radius 1 is 0.750 bits per heavy atom. The summed E-state index contributed by atoms with van der Waals surface area (Å²) in [5.74, 6) is -1.68. The minimum absolute atomic E-state index is 0.0313. The summed E-state index contributed by atoms with van der Waals surface area (Å²) in [6.07, 6.45) is -5.43. The highest BCUT2D eigenvalue weighted by molar-refractivity contribution is 5.89. The number of hydrogen-bond donors (Lipinski definition) is 10. The maximum atomic E-state index is 13.6. The third kappa shape index (κ3) is 10.0. The van der Waals surface area contributed by atoms with E-state index in [1.165, 1.54) is 19.4 Å². The largest absolute Gasteiger partial charge is 0.508 e. The van der Waals surface area contributed by atoms with Crippen LogP contribution in [0, 0.1) is 0 Å². The van der Waals surface area contributed by atoms with Gasteiger partial charge < -0.3 is 88.8 Å². The van der Waals surface area contributed by atoms with Gasteiger partial charge in [-0.1, -0.05) is 24.3 Å². The molecule has 4 aliphatic heterocycles. The zero-order valence-electron chi connectivity index (χ0n) is 34.2. The van der Waals surface area contributed by atoms with E-state index >= 15 is 0 Å². The molecule has 1 aromatic heterocycles. The van der Waals surface area contributed by atoms with Gasteiger partial charge in [-0.3, -0.25) is 9.59 Å². The number of phenolic OH excluding ortho intramolecular Hbond substituents is 4. The lowest BCUT2D eigenvalue weighted by molar-refractivity contribution is -0.318. The number of phenols is 4. The van der Waals surface area contributed by atoms with E-state index in [2.05, 4.69) is 0 Å². The van der Waals surface area contributed by atoms with E-state index in [1.807, 2.05) is 35.3 Å². The van der Waals surface area contributed by atoms with Gasteiger partial charge in [-0.25, -0.2) is 0 Å². The predicted octanol–water partition coefficient (Wildman–Crippen LogP) is 1.31. The highest BCUT2D eigenvalue weighted by Crippen LogP contribution is 2.40. The van der Waals surface area contributed by atoms with Crippen LogP contribution in [0.15, 0.2) is 76.0 Å². The van der Waals surface area contributed by atoms with Gasteiger partial charge in [-0.2, -0.15) is 0 Å². The molecule has 8 rings (SSSR count). The first-order chi connectivity index (χ1) is 30.6. The lowest BCUT2D eigenvalue weighted by Gasteiger charge is -2.42. The maximum Gasteiger partial charge on any atom is 0.246 e. The SMILES string of the molecule is C[C@@H]1O[C@@H](OC[C@H]2O[C@@H](Oc3c(-c4ccc(O)c(O)c4)oc4cc(O)cc(O)c4c3=O)[C@H](O)[C@@H](O)[C@@H]2O)[C@H](O)[C@H](O)[C@H]1O.O=C(/C=C/C=C/c1ccc2c(c1)OCO2)N1CCCCC1. The predicted molar refractivity (Wildman–Crippen MR) is 221 cm³/mol. The van der Waals surface area contributed by atoms with E-state index in [0.29, 0.717) is 0 Å². The maximum absolute atomic E-state index is 13.6. The molecule has 20 heteroatoms. The Bertz CT molecular complexity index is 2410. The molecule has 0 bridgehead atoms. The van der Waals surface area contributed by atoms with Crippen LogP contribution >= 0.6 is 0 Å². The van der Waals surface area contributed by atoms with E-state index in [4.69, 9.17) is 32.8 Å². The van der Waals surface area contributed by atoms with Crippen molar-refractivity contribution in [3.63, 3.8) is 0 Å². The zero-order valence-corrected chi connectivity index (χ0v) is 34.2. The number of likely N-dealkylation sites (tertiary alicyclic amines) is 1. The molecule has 4 aromatic rings. The van der Waals surface area contributed by atoms with Crippen molar-refractivity contribution in [3.05, 3.63) is 82.5 Å².